The summed E-state index contributed by atoms with van der Waals surface area (Å²) in [6.45, 7) is 7.71. The molecule has 1 aliphatic rings. The molecule has 0 aliphatic carbocycles. The van der Waals surface area contributed by atoms with E-state index in [-0.39, 0.29) is 0 Å². The molecule has 1 aliphatic heterocycles. The number of ether oxygens (including phenoxy) is 1. The van der Waals surface area contributed by atoms with Gasteiger partial charge in [-0.15, -0.1) is 0 Å². The van der Waals surface area contributed by atoms with Crippen molar-refractivity contribution in [3.8, 4) is 5.88 Å². The largest absolute Gasteiger partial charge is 0.478 e. The Bertz CT molecular complexity index is 345. The lowest BCUT2D eigenvalue weighted by Gasteiger charge is -2.32. The molecule has 16 heavy (non-hydrogen) atoms. The third-order valence-corrected chi connectivity index (χ3v) is 2.61. The number of hydrogen-bond acceptors (Lipinski definition) is 5. The van der Waals surface area contributed by atoms with Crippen molar-refractivity contribution in [2.24, 2.45) is 0 Å². The molecule has 1 atom stereocenters. The fraction of sp³-hybridized carbons (Fsp3) is 0.636. The van der Waals surface area contributed by atoms with E-state index in [1.54, 1.807) is 6.33 Å². The minimum Gasteiger partial charge on any atom is -0.478 e. The van der Waals surface area contributed by atoms with Crippen molar-refractivity contribution in [1.82, 2.24) is 15.3 Å². The molecular weight excluding hydrogens is 204 g/mol. The molecule has 1 fully saturated rings. The number of piperazine rings is 1. The normalized spacial score (nSPS) is 20.9. The number of anilines is 1. The van der Waals surface area contributed by atoms with Gasteiger partial charge in [0.2, 0.25) is 5.88 Å². The second-order valence-corrected chi connectivity index (χ2v) is 3.95. The number of rotatable bonds is 3. The van der Waals surface area contributed by atoms with E-state index in [2.05, 4.69) is 27.1 Å². The standard InChI is InChI=1S/C11H18N4O/c1-3-16-11-6-10(13-8-14-11)15-5-4-12-9(2)7-15/h6,8-9,12H,3-5,7H2,1-2H3. The van der Waals surface area contributed by atoms with Crippen LogP contribution in [-0.4, -0.2) is 42.3 Å². The monoisotopic (exact) mass is 222 g/mol. The average Bonchev–Trinajstić information content (AvgIpc) is 2.30. The van der Waals surface area contributed by atoms with E-state index in [1.807, 2.05) is 13.0 Å². The predicted molar refractivity (Wildman–Crippen MR) is 62.9 cm³/mol. The van der Waals surface area contributed by atoms with Crippen molar-refractivity contribution in [2.45, 2.75) is 19.9 Å². The van der Waals surface area contributed by atoms with E-state index in [1.165, 1.54) is 0 Å². The van der Waals surface area contributed by atoms with E-state index in [0.29, 0.717) is 18.5 Å². The second kappa shape index (κ2) is 5.12. The zero-order valence-corrected chi connectivity index (χ0v) is 9.81. The van der Waals surface area contributed by atoms with Crippen molar-refractivity contribution >= 4 is 5.82 Å². The van der Waals surface area contributed by atoms with E-state index in [9.17, 15) is 0 Å². The highest BCUT2D eigenvalue weighted by Gasteiger charge is 2.17. The zero-order valence-electron chi connectivity index (χ0n) is 9.81. The zero-order chi connectivity index (χ0) is 11.4. The van der Waals surface area contributed by atoms with Crippen LogP contribution in [0.1, 0.15) is 13.8 Å². The van der Waals surface area contributed by atoms with Crippen molar-refractivity contribution in [3.05, 3.63) is 12.4 Å². The van der Waals surface area contributed by atoms with Gasteiger partial charge in [0.1, 0.15) is 12.1 Å². The molecule has 5 heteroatoms. The third kappa shape index (κ3) is 2.61. The minimum absolute atomic E-state index is 0.499. The van der Waals surface area contributed by atoms with E-state index in [4.69, 9.17) is 4.74 Å². The number of nitrogens with one attached hydrogen (secondary N) is 1. The lowest BCUT2D eigenvalue weighted by Crippen LogP contribution is -2.49. The second-order valence-electron chi connectivity index (χ2n) is 3.95. The van der Waals surface area contributed by atoms with Gasteiger partial charge < -0.3 is 15.0 Å². The Morgan fingerprint density at radius 3 is 3.19 bits per heavy atom. The highest BCUT2D eigenvalue weighted by Crippen LogP contribution is 2.16. The van der Waals surface area contributed by atoms with Crippen LogP contribution in [0.4, 0.5) is 5.82 Å². The van der Waals surface area contributed by atoms with Gasteiger partial charge in [0.25, 0.3) is 0 Å². The Morgan fingerprint density at radius 2 is 2.44 bits per heavy atom. The number of aromatic nitrogens is 2. The number of nitrogens with zero attached hydrogens (tertiary/aromatic N) is 3. The lowest BCUT2D eigenvalue weighted by atomic mass is 10.2. The summed E-state index contributed by atoms with van der Waals surface area (Å²) in [5.74, 6) is 1.60. The molecule has 2 rings (SSSR count). The van der Waals surface area contributed by atoms with Gasteiger partial charge in [-0.05, 0) is 13.8 Å². The van der Waals surface area contributed by atoms with E-state index >= 15 is 0 Å². The van der Waals surface area contributed by atoms with Crippen LogP contribution in [0.2, 0.25) is 0 Å². The molecule has 0 spiro atoms. The molecule has 1 saturated heterocycles. The van der Waals surface area contributed by atoms with E-state index < -0.39 is 0 Å². The van der Waals surface area contributed by atoms with Gasteiger partial charge in [0.05, 0.1) is 6.61 Å². The van der Waals surface area contributed by atoms with Crippen LogP contribution in [0, 0.1) is 0 Å². The highest BCUT2D eigenvalue weighted by atomic mass is 16.5. The smallest absolute Gasteiger partial charge is 0.218 e. The molecule has 88 valence electrons. The molecule has 0 saturated carbocycles. The van der Waals surface area contributed by atoms with Crippen LogP contribution >= 0.6 is 0 Å². The summed E-state index contributed by atoms with van der Waals surface area (Å²) >= 11 is 0. The van der Waals surface area contributed by atoms with Crippen LogP contribution in [0.25, 0.3) is 0 Å². The summed E-state index contributed by atoms with van der Waals surface area (Å²) in [4.78, 5) is 10.6. The van der Waals surface area contributed by atoms with E-state index in [0.717, 1.165) is 25.5 Å². The van der Waals surface area contributed by atoms with Crippen LogP contribution in [0.3, 0.4) is 0 Å². The summed E-state index contributed by atoms with van der Waals surface area (Å²) < 4.78 is 5.37. The molecule has 1 aromatic heterocycles. The van der Waals surface area contributed by atoms with Crippen LogP contribution in [-0.2, 0) is 0 Å². The molecule has 0 bridgehead atoms. The fourth-order valence-corrected chi connectivity index (χ4v) is 1.87. The van der Waals surface area contributed by atoms with Crippen molar-refractivity contribution in [3.63, 3.8) is 0 Å². The maximum Gasteiger partial charge on any atom is 0.218 e. The summed E-state index contributed by atoms with van der Waals surface area (Å²) in [6.07, 6.45) is 1.56. The first-order valence-electron chi connectivity index (χ1n) is 5.72. The van der Waals surface area contributed by atoms with Crippen LogP contribution in [0.5, 0.6) is 5.88 Å². The minimum atomic E-state index is 0.499. The Hall–Kier alpha value is -1.36. The summed E-state index contributed by atoms with van der Waals surface area (Å²) in [5, 5.41) is 3.41. The molecule has 0 radical (unpaired) electrons. The van der Waals surface area contributed by atoms with Crippen molar-refractivity contribution in [1.29, 1.82) is 0 Å². The summed E-state index contributed by atoms with van der Waals surface area (Å²) in [5.41, 5.74) is 0. The molecule has 0 amide bonds. The molecule has 1 N–H and O–H groups in total. The quantitative estimate of drug-likeness (QED) is 0.814. The van der Waals surface area contributed by atoms with Crippen LogP contribution < -0.4 is 15.0 Å². The average molecular weight is 222 g/mol. The van der Waals surface area contributed by atoms with Gasteiger partial charge in [-0.1, -0.05) is 0 Å². The van der Waals surface area contributed by atoms with Gasteiger partial charge in [-0.25, -0.2) is 9.97 Å². The van der Waals surface area contributed by atoms with Crippen molar-refractivity contribution < 1.29 is 4.74 Å². The molecule has 5 nitrogen and oxygen atoms in total. The SMILES string of the molecule is CCOc1cc(N2CCNC(C)C2)ncn1. The molecule has 1 unspecified atom stereocenters. The predicted octanol–water partition coefficient (Wildman–Crippen LogP) is 0.673. The first-order valence-corrected chi connectivity index (χ1v) is 5.72. The Labute approximate surface area is 95.8 Å². The lowest BCUT2D eigenvalue weighted by molar-refractivity contribution is 0.326. The van der Waals surface area contributed by atoms with Crippen LogP contribution in [0.15, 0.2) is 12.4 Å². The first kappa shape index (κ1) is 11.1. The topological polar surface area (TPSA) is 50.3 Å². The first-order chi connectivity index (χ1) is 7.79. The molecule has 2 heterocycles. The maximum absolute atomic E-state index is 5.37. The fourth-order valence-electron chi connectivity index (χ4n) is 1.87. The Balaban J connectivity index is 2.09. The molecule has 0 aromatic carbocycles. The molecule has 1 aromatic rings. The van der Waals surface area contributed by atoms with Gasteiger partial charge in [-0.3, -0.25) is 0 Å². The highest BCUT2D eigenvalue weighted by molar-refractivity contribution is 5.41. The Kier molecular flexibility index (Phi) is 3.56. The third-order valence-electron chi connectivity index (χ3n) is 2.61. The maximum atomic E-state index is 5.37. The Morgan fingerprint density at radius 1 is 1.56 bits per heavy atom. The molecular formula is C11H18N4O. The van der Waals surface area contributed by atoms with Gasteiger partial charge in [0, 0.05) is 31.7 Å². The number of hydrogen-bond donors (Lipinski definition) is 1. The van der Waals surface area contributed by atoms with Gasteiger partial charge in [0.15, 0.2) is 0 Å². The summed E-state index contributed by atoms with van der Waals surface area (Å²) in [6, 6.07) is 2.40. The van der Waals surface area contributed by atoms with Gasteiger partial charge in [-0.2, -0.15) is 0 Å². The summed E-state index contributed by atoms with van der Waals surface area (Å²) in [7, 11) is 0. The van der Waals surface area contributed by atoms with Crippen molar-refractivity contribution in [2.75, 3.05) is 31.1 Å². The van der Waals surface area contributed by atoms with Gasteiger partial charge >= 0.3 is 0 Å².